The van der Waals surface area contributed by atoms with E-state index in [9.17, 15) is 14.4 Å². The van der Waals surface area contributed by atoms with Crippen LogP contribution in [0.3, 0.4) is 0 Å². The average molecular weight is 474 g/mol. The molecule has 0 bridgehead atoms. The molecule has 4 heterocycles. The molecule has 5 rings (SSSR count). The largest absolute Gasteiger partial charge is 0.341 e. The highest BCUT2D eigenvalue weighted by molar-refractivity contribution is 5.79. The number of fused-ring (bicyclic) bond motifs is 2. The molecule has 1 saturated heterocycles. The van der Waals surface area contributed by atoms with Gasteiger partial charge in [0.2, 0.25) is 11.5 Å². The Morgan fingerprint density at radius 3 is 2.77 bits per heavy atom. The van der Waals surface area contributed by atoms with E-state index >= 15 is 0 Å². The molecular formula is C25H27N7O3. The van der Waals surface area contributed by atoms with Crippen LogP contribution in [0, 0.1) is 11.8 Å². The molecule has 0 radical (unpaired) electrons. The Labute approximate surface area is 200 Å². The summed E-state index contributed by atoms with van der Waals surface area (Å²) in [6.45, 7) is 3.52. The van der Waals surface area contributed by atoms with Gasteiger partial charge in [0.05, 0.1) is 13.1 Å². The quantitative estimate of drug-likeness (QED) is 0.421. The van der Waals surface area contributed by atoms with Crippen molar-refractivity contribution in [3.63, 3.8) is 0 Å². The number of hydrogen-bond acceptors (Lipinski definition) is 6. The van der Waals surface area contributed by atoms with Crippen LogP contribution in [-0.4, -0.2) is 42.8 Å². The number of rotatable bonds is 4. The number of pyridine rings is 1. The fourth-order valence-electron chi connectivity index (χ4n) is 4.73. The van der Waals surface area contributed by atoms with Gasteiger partial charge in [-0.05, 0) is 48.9 Å². The van der Waals surface area contributed by atoms with Crippen LogP contribution in [-0.2, 0) is 20.1 Å². The van der Waals surface area contributed by atoms with Gasteiger partial charge < -0.3 is 15.6 Å². The number of nitrogens with zero attached hydrogens (tertiary/aromatic N) is 5. The summed E-state index contributed by atoms with van der Waals surface area (Å²) in [7, 11) is 1.63. The summed E-state index contributed by atoms with van der Waals surface area (Å²) in [6, 6.07) is 8.63. The summed E-state index contributed by atoms with van der Waals surface area (Å²) in [4.78, 5) is 48.1. The molecule has 10 nitrogen and oxygen atoms in total. The van der Waals surface area contributed by atoms with Crippen molar-refractivity contribution in [1.29, 1.82) is 0 Å². The highest BCUT2D eigenvalue weighted by atomic mass is 16.2. The van der Waals surface area contributed by atoms with E-state index in [1.807, 2.05) is 6.07 Å². The molecule has 1 aliphatic rings. The number of aromatic nitrogens is 5. The first-order valence-corrected chi connectivity index (χ1v) is 11.6. The summed E-state index contributed by atoms with van der Waals surface area (Å²) in [5.74, 6) is 6.53. The molecule has 0 amide bonds. The molecule has 1 aromatic carbocycles. The third-order valence-corrected chi connectivity index (χ3v) is 6.50. The molecule has 0 saturated carbocycles. The Morgan fingerprint density at radius 2 is 2.00 bits per heavy atom. The zero-order chi connectivity index (χ0) is 24.7. The van der Waals surface area contributed by atoms with E-state index < -0.39 is 11.2 Å². The Bertz CT molecular complexity index is 1680. The standard InChI is InChI=1S/C25H27N7O3/c1-3-4-12-31-21-22(28-24(31)30-11-5-6-18(26)15-30)29(2)25(35)32(23(21)34)14-16-7-9-19-17(13-16)8-10-20(33)27-19/h7-10,13,18H,5-6,11-12,14-15,26H2,1-2H3,(H,27,33). The zero-order valence-corrected chi connectivity index (χ0v) is 19.7. The molecule has 10 heteroatoms. The first-order chi connectivity index (χ1) is 16.9. The second-order valence-electron chi connectivity index (χ2n) is 8.92. The minimum atomic E-state index is -0.447. The van der Waals surface area contributed by atoms with Crippen molar-refractivity contribution in [3.05, 3.63) is 67.1 Å². The van der Waals surface area contributed by atoms with Crippen molar-refractivity contribution < 1.29 is 0 Å². The molecule has 4 aromatic rings. The van der Waals surface area contributed by atoms with Crippen LogP contribution in [0.1, 0.15) is 25.3 Å². The number of hydrogen-bond donors (Lipinski definition) is 2. The maximum absolute atomic E-state index is 13.7. The van der Waals surface area contributed by atoms with E-state index in [2.05, 4.69) is 21.7 Å². The molecular weight excluding hydrogens is 446 g/mol. The van der Waals surface area contributed by atoms with Gasteiger partial charge >= 0.3 is 5.69 Å². The lowest BCUT2D eigenvalue weighted by Crippen LogP contribution is -2.44. The van der Waals surface area contributed by atoms with Crippen LogP contribution >= 0.6 is 0 Å². The normalized spacial score (nSPS) is 16.0. The zero-order valence-electron chi connectivity index (χ0n) is 19.7. The SMILES string of the molecule is CC#CCn1c(N2CCCC(N)C2)nc2c1c(=O)n(Cc1ccc3[nH]c(=O)ccc3c1)c(=O)n2C. The maximum atomic E-state index is 13.7. The van der Waals surface area contributed by atoms with Gasteiger partial charge in [0.25, 0.3) is 5.56 Å². The van der Waals surface area contributed by atoms with E-state index in [1.165, 1.54) is 15.2 Å². The van der Waals surface area contributed by atoms with Crippen LogP contribution < -0.4 is 27.4 Å². The maximum Gasteiger partial charge on any atom is 0.332 e. The summed E-state index contributed by atoms with van der Waals surface area (Å²) >= 11 is 0. The smallest absolute Gasteiger partial charge is 0.332 e. The monoisotopic (exact) mass is 473 g/mol. The number of nitrogens with one attached hydrogen (secondary N) is 1. The van der Waals surface area contributed by atoms with Crippen molar-refractivity contribution in [2.24, 2.45) is 12.8 Å². The van der Waals surface area contributed by atoms with E-state index in [4.69, 9.17) is 10.7 Å². The first kappa shape index (κ1) is 22.7. The summed E-state index contributed by atoms with van der Waals surface area (Å²) < 4.78 is 4.43. The van der Waals surface area contributed by atoms with E-state index in [1.54, 1.807) is 36.7 Å². The lowest BCUT2D eigenvalue weighted by molar-refractivity contribution is 0.496. The van der Waals surface area contributed by atoms with Crippen LogP contribution in [0.15, 0.2) is 44.7 Å². The fourth-order valence-corrected chi connectivity index (χ4v) is 4.73. The molecule has 1 fully saturated rings. The number of benzene rings is 1. The Kier molecular flexibility index (Phi) is 5.78. The van der Waals surface area contributed by atoms with E-state index in [0.29, 0.717) is 29.2 Å². The highest BCUT2D eigenvalue weighted by Crippen LogP contribution is 2.23. The van der Waals surface area contributed by atoms with Gasteiger partial charge in [0.15, 0.2) is 11.2 Å². The minimum Gasteiger partial charge on any atom is -0.341 e. The van der Waals surface area contributed by atoms with Crippen LogP contribution in [0.25, 0.3) is 22.1 Å². The lowest BCUT2D eigenvalue weighted by Gasteiger charge is -2.31. The van der Waals surface area contributed by atoms with Crippen molar-refractivity contribution in [2.75, 3.05) is 18.0 Å². The van der Waals surface area contributed by atoms with Gasteiger partial charge in [-0.25, -0.2) is 4.79 Å². The molecule has 1 aliphatic heterocycles. The second-order valence-corrected chi connectivity index (χ2v) is 8.92. The second kappa shape index (κ2) is 8.92. The number of anilines is 1. The molecule has 180 valence electrons. The molecule has 3 aromatic heterocycles. The Balaban J connectivity index is 1.67. The third-order valence-electron chi connectivity index (χ3n) is 6.50. The van der Waals surface area contributed by atoms with Crippen molar-refractivity contribution in [2.45, 2.75) is 38.9 Å². The van der Waals surface area contributed by atoms with Gasteiger partial charge in [0.1, 0.15) is 0 Å². The number of aryl methyl sites for hydroxylation is 1. The van der Waals surface area contributed by atoms with Gasteiger partial charge in [-0.2, -0.15) is 4.98 Å². The highest BCUT2D eigenvalue weighted by Gasteiger charge is 2.26. The molecule has 35 heavy (non-hydrogen) atoms. The third kappa shape index (κ3) is 4.04. The average Bonchev–Trinajstić information content (AvgIpc) is 3.24. The predicted molar refractivity (Wildman–Crippen MR) is 136 cm³/mol. The number of piperidine rings is 1. The summed E-state index contributed by atoms with van der Waals surface area (Å²) in [6.07, 6.45) is 1.87. The first-order valence-electron chi connectivity index (χ1n) is 11.6. The van der Waals surface area contributed by atoms with Gasteiger partial charge in [-0.15, -0.1) is 5.92 Å². The predicted octanol–water partition coefficient (Wildman–Crippen LogP) is 0.737. The fraction of sp³-hybridized carbons (Fsp3) is 0.360. The van der Waals surface area contributed by atoms with Crippen molar-refractivity contribution in [1.82, 2.24) is 23.7 Å². The number of nitrogens with two attached hydrogens (primary N) is 1. The van der Waals surface area contributed by atoms with Gasteiger partial charge in [0, 0.05) is 37.8 Å². The lowest BCUT2D eigenvalue weighted by atomic mass is 10.1. The number of imidazole rings is 1. The topological polar surface area (TPSA) is 124 Å². The molecule has 0 spiro atoms. The molecule has 0 aliphatic carbocycles. The molecule has 1 unspecified atom stereocenters. The van der Waals surface area contributed by atoms with Crippen LogP contribution in [0.4, 0.5) is 5.95 Å². The Hall–Kier alpha value is -4.10. The van der Waals surface area contributed by atoms with Crippen LogP contribution in [0.2, 0.25) is 0 Å². The summed E-state index contributed by atoms with van der Waals surface area (Å²) in [5, 5.41) is 0.819. The minimum absolute atomic E-state index is 0.0255. The molecule has 1 atom stereocenters. The van der Waals surface area contributed by atoms with E-state index in [-0.39, 0.29) is 24.7 Å². The number of H-pyrrole nitrogens is 1. The summed E-state index contributed by atoms with van der Waals surface area (Å²) in [5.41, 5.74) is 7.29. The van der Waals surface area contributed by atoms with Crippen molar-refractivity contribution >= 4 is 28.0 Å². The Morgan fingerprint density at radius 1 is 1.17 bits per heavy atom. The van der Waals surface area contributed by atoms with Crippen LogP contribution in [0.5, 0.6) is 0 Å². The van der Waals surface area contributed by atoms with E-state index in [0.717, 1.165) is 30.3 Å². The van der Waals surface area contributed by atoms with Crippen molar-refractivity contribution in [3.8, 4) is 11.8 Å². The number of aromatic amines is 1. The van der Waals surface area contributed by atoms with Gasteiger partial charge in [-0.1, -0.05) is 12.0 Å². The molecule has 3 N–H and O–H groups in total. The van der Waals surface area contributed by atoms with Gasteiger partial charge in [-0.3, -0.25) is 23.3 Å².